The second-order valence-corrected chi connectivity index (χ2v) is 8.75. The van der Waals surface area contributed by atoms with E-state index in [4.69, 9.17) is 21.1 Å². The summed E-state index contributed by atoms with van der Waals surface area (Å²) in [6.45, 7) is 2.42. The van der Waals surface area contributed by atoms with Crippen LogP contribution in [-0.2, 0) is 4.79 Å². The smallest absolute Gasteiger partial charge is 0.283 e. The van der Waals surface area contributed by atoms with E-state index in [0.717, 1.165) is 22.6 Å². The minimum absolute atomic E-state index is 0.197. The number of rotatable bonds is 7. The van der Waals surface area contributed by atoms with Gasteiger partial charge in [-0.2, -0.15) is 0 Å². The second kappa shape index (κ2) is 10.6. The van der Waals surface area contributed by atoms with Gasteiger partial charge in [0.25, 0.3) is 5.91 Å². The molecule has 1 aliphatic rings. The Morgan fingerprint density at radius 2 is 1.79 bits per heavy atom. The number of methoxy groups -OCH3 is 1. The molecule has 7 heteroatoms. The third-order valence-corrected chi connectivity index (χ3v) is 6.30. The summed E-state index contributed by atoms with van der Waals surface area (Å²) in [6.07, 6.45) is 1.78. The fourth-order valence-electron chi connectivity index (χ4n) is 3.21. The van der Waals surface area contributed by atoms with Crippen LogP contribution in [0.2, 0.25) is 5.02 Å². The molecule has 0 unspecified atom stereocenters. The van der Waals surface area contributed by atoms with Crippen molar-refractivity contribution in [1.82, 2.24) is 0 Å². The molecular weight excluding hydrogens is 456 g/mol. The number of hydrogen-bond acceptors (Lipinski definition) is 5. The van der Waals surface area contributed by atoms with Crippen molar-refractivity contribution < 1.29 is 14.3 Å². The number of ether oxygens (including phenoxy) is 2. The maximum absolute atomic E-state index is 13.3. The molecular formula is C26H23ClN2O3S. The summed E-state index contributed by atoms with van der Waals surface area (Å²) in [5.41, 5.74) is 2.86. The summed E-state index contributed by atoms with van der Waals surface area (Å²) >= 11 is 7.81. The van der Waals surface area contributed by atoms with Gasteiger partial charge in [-0.15, -0.1) is 0 Å². The third-order valence-electron chi connectivity index (χ3n) is 4.99. The third kappa shape index (κ3) is 5.59. The highest BCUT2D eigenvalue weighted by molar-refractivity contribution is 8.14. The van der Waals surface area contributed by atoms with Crippen molar-refractivity contribution in [1.29, 1.82) is 0 Å². The average molecular weight is 479 g/mol. The first-order valence-corrected chi connectivity index (χ1v) is 11.8. The van der Waals surface area contributed by atoms with Crippen LogP contribution >= 0.6 is 23.4 Å². The van der Waals surface area contributed by atoms with E-state index in [-0.39, 0.29) is 5.91 Å². The molecule has 1 heterocycles. The Morgan fingerprint density at radius 3 is 2.48 bits per heavy atom. The molecule has 0 radical (unpaired) electrons. The molecule has 0 fully saturated rings. The van der Waals surface area contributed by atoms with Gasteiger partial charge < -0.3 is 9.47 Å². The monoisotopic (exact) mass is 478 g/mol. The summed E-state index contributed by atoms with van der Waals surface area (Å²) in [4.78, 5) is 19.6. The first-order chi connectivity index (χ1) is 16.0. The minimum atomic E-state index is -0.197. The molecule has 168 valence electrons. The van der Waals surface area contributed by atoms with Crippen molar-refractivity contribution in [2.75, 3.05) is 24.4 Å². The predicted octanol–water partition coefficient (Wildman–Crippen LogP) is 6.21. The Kier molecular flexibility index (Phi) is 7.37. The summed E-state index contributed by atoms with van der Waals surface area (Å²) in [5, 5.41) is 1.20. The first kappa shape index (κ1) is 23.0. The Hall–Kier alpha value is -3.22. The van der Waals surface area contributed by atoms with Gasteiger partial charge in [0.2, 0.25) is 0 Å². The van der Waals surface area contributed by atoms with Gasteiger partial charge in [0.05, 0.1) is 19.4 Å². The Morgan fingerprint density at radius 1 is 1.03 bits per heavy atom. The maximum atomic E-state index is 13.3. The van der Waals surface area contributed by atoms with E-state index in [1.165, 1.54) is 11.8 Å². The number of carbonyl (C=O) groups excluding carboxylic acids is 1. The lowest BCUT2D eigenvalue weighted by Gasteiger charge is -2.18. The lowest BCUT2D eigenvalue weighted by atomic mass is 10.1. The molecule has 0 N–H and O–H groups in total. The van der Waals surface area contributed by atoms with E-state index >= 15 is 0 Å². The number of nitrogens with zero attached hydrogens (tertiary/aromatic N) is 2. The maximum Gasteiger partial charge on any atom is 0.283 e. The van der Waals surface area contributed by atoms with Gasteiger partial charge in [-0.05, 0) is 60.5 Å². The molecule has 1 amide bonds. The highest BCUT2D eigenvalue weighted by Gasteiger charge is 2.32. The molecule has 0 atom stereocenters. The molecule has 3 aromatic rings. The number of amidine groups is 1. The number of anilines is 1. The topological polar surface area (TPSA) is 51.1 Å². The van der Waals surface area contributed by atoms with Crippen LogP contribution in [0.1, 0.15) is 11.1 Å². The summed E-state index contributed by atoms with van der Waals surface area (Å²) in [7, 11) is 1.62. The molecule has 4 rings (SSSR count). The molecule has 0 saturated carbocycles. The van der Waals surface area contributed by atoms with E-state index in [9.17, 15) is 4.79 Å². The number of carbonyl (C=O) groups is 1. The Balaban J connectivity index is 1.56. The van der Waals surface area contributed by atoms with Gasteiger partial charge in [-0.3, -0.25) is 9.69 Å². The van der Waals surface area contributed by atoms with E-state index in [1.54, 1.807) is 24.2 Å². The highest BCUT2D eigenvalue weighted by atomic mass is 35.5. The van der Waals surface area contributed by atoms with Crippen molar-refractivity contribution >= 4 is 46.2 Å². The number of hydrogen-bond donors (Lipinski definition) is 0. The van der Waals surface area contributed by atoms with Gasteiger partial charge in [-0.1, -0.05) is 59.8 Å². The van der Waals surface area contributed by atoms with Crippen molar-refractivity contribution in [3.63, 3.8) is 0 Å². The number of amides is 1. The van der Waals surface area contributed by atoms with Crippen LogP contribution in [0.4, 0.5) is 5.69 Å². The zero-order valence-corrected chi connectivity index (χ0v) is 19.9. The molecule has 5 nitrogen and oxygen atoms in total. The molecule has 0 aromatic heterocycles. The summed E-state index contributed by atoms with van der Waals surface area (Å²) < 4.78 is 11.0. The SMILES string of the molecule is COc1ccc(/C=C2\N=C(SCCOc3ccccc3)N(c3ccc(C)c(Cl)c3)C2=O)cc1. The normalized spacial score (nSPS) is 14.5. The lowest BCUT2D eigenvalue weighted by Crippen LogP contribution is -2.30. The van der Waals surface area contributed by atoms with Crippen LogP contribution in [0.15, 0.2) is 83.5 Å². The van der Waals surface area contributed by atoms with Crippen molar-refractivity contribution in [3.05, 3.63) is 94.6 Å². The van der Waals surface area contributed by atoms with Gasteiger partial charge in [0, 0.05) is 10.8 Å². The van der Waals surface area contributed by atoms with Crippen LogP contribution in [0.3, 0.4) is 0 Å². The van der Waals surface area contributed by atoms with Crippen LogP contribution in [-0.4, -0.2) is 30.5 Å². The van der Waals surface area contributed by atoms with Crippen LogP contribution in [0, 0.1) is 6.92 Å². The highest BCUT2D eigenvalue weighted by Crippen LogP contribution is 2.32. The zero-order chi connectivity index (χ0) is 23.2. The number of aliphatic imine (C=N–C) groups is 1. The summed E-state index contributed by atoms with van der Waals surface area (Å²) in [6, 6.07) is 22.7. The van der Waals surface area contributed by atoms with Gasteiger partial charge in [0.1, 0.15) is 17.2 Å². The molecule has 0 spiro atoms. The van der Waals surface area contributed by atoms with Crippen molar-refractivity contribution in [3.8, 4) is 11.5 Å². The molecule has 33 heavy (non-hydrogen) atoms. The fraction of sp³-hybridized carbons (Fsp3) is 0.154. The zero-order valence-electron chi connectivity index (χ0n) is 18.3. The van der Waals surface area contributed by atoms with Crippen LogP contribution in [0.25, 0.3) is 6.08 Å². The minimum Gasteiger partial charge on any atom is -0.497 e. The summed E-state index contributed by atoms with van der Waals surface area (Å²) in [5.74, 6) is 2.00. The quantitative estimate of drug-likeness (QED) is 0.299. The number of thioether (sulfide) groups is 1. The Bertz CT molecular complexity index is 1190. The molecule has 1 aliphatic heterocycles. The van der Waals surface area contributed by atoms with Gasteiger partial charge in [-0.25, -0.2) is 4.99 Å². The molecule has 0 aliphatic carbocycles. The number of para-hydroxylation sites is 1. The predicted molar refractivity (Wildman–Crippen MR) is 136 cm³/mol. The van der Waals surface area contributed by atoms with Gasteiger partial charge in [0.15, 0.2) is 5.17 Å². The van der Waals surface area contributed by atoms with Gasteiger partial charge >= 0.3 is 0 Å². The average Bonchev–Trinajstić information content (AvgIpc) is 3.14. The fourth-order valence-corrected chi connectivity index (χ4v) is 4.21. The number of aryl methyl sites for hydroxylation is 1. The van der Waals surface area contributed by atoms with E-state index in [1.807, 2.05) is 73.7 Å². The van der Waals surface area contributed by atoms with Crippen LogP contribution < -0.4 is 14.4 Å². The molecule has 0 saturated heterocycles. The molecule has 0 bridgehead atoms. The van der Waals surface area contributed by atoms with E-state index < -0.39 is 0 Å². The van der Waals surface area contributed by atoms with Crippen molar-refractivity contribution in [2.45, 2.75) is 6.92 Å². The second-order valence-electron chi connectivity index (χ2n) is 7.28. The largest absolute Gasteiger partial charge is 0.497 e. The standard InChI is InChI=1S/C26H23ClN2O3S/c1-18-8-11-20(17-23(18)27)29-25(30)24(16-19-9-12-21(31-2)13-10-19)28-26(29)33-15-14-32-22-6-4-3-5-7-22/h3-13,16-17H,14-15H2,1-2H3/b24-16-. The Labute approximate surface area is 202 Å². The first-order valence-electron chi connectivity index (χ1n) is 10.4. The van der Waals surface area contributed by atoms with E-state index in [0.29, 0.717) is 33.9 Å². The molecule has 3 aromatic carbocycles. The number of halogens is 1. The van der Waals surface area contributed by atoms with Crippen molar-refractivity contribution in [2.24, 2.45) is 4.99 Å². The van der Waals surface area contributed by atoms with Crippen LogP contribution in [0.5, 0.6) is 11.5 Å². The van der Waals surface area contributed by atoms with E-state index in [2.05, 4.69) is 4.99 Å². The number of benzene rings is 3. The lowest BCUT2D eigenvalue weighted by molar-refractivity contribution is -0.113.